The highest BCUT2D eigenvalue weighted by atomic mass is 16.2. The Hall–Kier alpha value is -1.78. The second kappa shape index (κ2) is 7.88. The van der Waals surface area contributed by atoms with E-state index in [4.69, 9.17) is 0 Å². The molecule has 1 aromatic heterocycles. The first-order chi connectivity index (χ1) is 17.3. The maximum Gasteiger partial charge on any atom is 0.239 e. The number of fused-ring (bicyclic) bond motifs is 7. The largest absolute Gasteiger partial charge is 0.299 e. The number of allylic oxidation sites excluding steroid dienone is 2. The molecule has 0 unspecified atom stereocenters. The van der Waals surface area contributed by atoms with Crippen LogP contribution in [0.5, 0.6) is 0 Å². The highest BCUT2D eigenvalue weighted by molar-refractivity contribution is 5.86. The van der Waals surface area contributed by atoms with Gasteiger partial charge in [0.25, 0.3) is 0 Å². The molecule has 0 saturated heterocycles. The fourth-order valence-electron chi connectivity index (χ4n) is 11.2. The molecule has 0 N–H and O–H groups in total. The van der Waals surface area contributed by atoms with E-state index in [1.54, 1.807) is 22.8 Å². The topological polar surface area (TPSA) is 64.8 Å². The van der Waals surface area contributed by atoms with Gasteiger partial charge in [-0.1, -0.05) is 60.1 Å². The number of aromatic nitrogens is 3. The van der Waals surface area contributed by atoms with Crippen molar-refractivity contribution in [3.8, 4) is 0 Å². The quantitative estimate of drug-likeness (QED) is 0.380. The van der Waals surface area contributed by atoms with Gasteiger partial charge >= 0.3 is 0 Å². The minimum absolute atomic E-state index is 0.0858. The number of nitrogens with zero attached hydrogens (tertiary/aromatic N) is 3. The molecule has 202 valence electrons. The third-order valence-electron chi connectivity index (χ3n) is 13.8. The monoisotopic (exact) mass is 505 g/mol. The molecule has 5 aliphatic carbocycles. The van der Waals surface area contributed by atoms with E-state index < -0.39 is 0 Å². The average molecular weight is 506 g/mol. The summed E-state index contributed by atoms with van der Waals surface area (Å²) >= 11 is 0. The van der Waals surface area contributed by atoms with Crippen molar-refractivity contribution in [2.45, 2.75) is 106 Å². The first kappa shape index (κ1) is 25.5. The Morgan fingerprint density at radius 1 is 0.919 bits per heavy atom. The van der Waals surface area contributed by atoms with Crippen LogP contribution in [0.2, 0.25) is 0 Å². The third-order valence-corrected chi connectivity index (χ3v) is 13.8. The van der Waals surface area contributed by atoms with Crippen LogP contribution in [0, 0.1) is 56.7 Å². The van der Waals surface area contributed by atoms with Crippen molar-refractivity contribution in [3.05, 3.63) is 24.3 Å². The predicted octanol–water partition coefficient (Wildman–Crippen LogP) is 7.15. The lowest BCUT2D eigenvalue weighted by Gasteiger charge is -2.71. The van der Waals surface area contributed by atoms with Gasteiger partial charge in [-0.3, -0.25) is 14.2 Å². The van der Waals surface area contributed by atoms with E-state index in [9.17, 15) is 9.59 Å². The van der Waals surface area contributed by atoms with Crippen molar-refractivity contribution < 1.29 is 9.59 Å². The number of hydrogen-bond donors (Lipinski definition) is 0. The third kappa shape index (κ3) is 3.03. The summed E-state index contributed by atoms with van der Waals surface area (Å²) in [4.78, 5) is 27.2. The van der Waals surface area contributed by atoms with Gasteiger partial charge in [0.1, 0.15) is 18.4 Å². The van der Waals surface area contributed by atoms with Gasteiger partial charge in [-0.25, -0.2) is 0 Å². The summed E-state index contributed by atoms with van der Waals surface area (Å²) in [5, 5.41) is 7.97. The van der Waals surface area contributed by atoms with Gasteiger partial charge in [0.15, 0.2) is 0 Å². The summed E-state index contributed by atoms with van der Waals surface area (Å²) in [6.45, 7) is 16.9. The SMILES string of the molecule is C[C@H]1[C@H](C)CC[C@]2(C(=O)n3cnnc3)CC[C@]3(C)C(=CC[C@@H]4[C@@]5(C)CCC(=O)C(C)(C)[C@@H]5CC[C@]43C)[C@H]12. The van der Waals surface area contributed by atoms with Gasteiger partial charge < -0.3 is 0 Å². The molecule has 0 radical (unpaired) electrons. The molecule has 0 aromatic carbocycles. The van der Waals surface area contributed by atoms with Gasteiger partial charge in [0.05, 0.1) is 5.41 Å². The molecule has 5 nitrogen and oxygen atoms in total. The maximum absolute atomic E-state index is 14.2. The molecular weight excluding hydrogens is 458 g/mol. The van der Waals surface area contributed by atoms with Crippen LogP contribution in [0.4, 0.5) is 0 Å². The van der Waals surface area contributed by atoms with Crippen LogP contribution in [0.1, 0.15) is 111 Å². The summed E-state index contributed by atoms with van der Waals surface area (Å²) in [6, 6.07) is 0. The number of carbonyl (C=O) groups is 2. The van der Waals surface area contributed by atoms with E-state index >= 15 is 0 Å². The molecule has 4 saturated carbocycles. The Morgan fingerprint density at radius 2 is 1.62 bits per heavy atom. The molecule has 6 rings (SSSR count). The number of ketones is 1. The molecule has 4 fully saturated rings. The molecule has 0 spiro atoms. The van der Waals surface area contributed by atoms with Crippen molar-refractivity contribution in [2.75, 3.05) is 0 Å². The Balaban J connectivity index is 1.46. The Bertz CT molecular complexity index is 1150. The van der Waals surface area contributed by atoms with Gasteiger partial charge in [-0.15, -0.1) is 10.2 Å². The highest BCUT2D eigenvalue weighted by Crippen LogP contribution is 2.75. The van der Waals surface area contributed by atoms with E-state index in [1.165, 1.54) is 6.42 Å². The van der Waals surface area contributed by atoms with Crippen LogP contribution in [0.3, 0.4) is 0 Å². The molecule has 0 amide bonds. The molecule has 5 heteroatoms. The van der Waals surface area contributed by atoms with Crippen LogP contribution in [0.15, 0.2) is 24.3 Å². The summed E-state index contributed by atoms with van der Waals surface area (Å²) < 4.78 is 1.67. The lowest BCUT2D eigenvalue weighted by Crippen LogP contribution is -2.65. The molecule has 1 aromatic rings. The molecule has 37 heavy (non-hydrogen) atoms. The zero-order valence-corrected chi connectivity index (χ0v) is 24.1. The van der Waals surface area contributed by atoms with Crippen LogP contribution in [-0.2, 0) is 4.79 Å². The van der Waals surface area contributed by atoms with Crippen molar-refractivity contribution in [3.63, 3.8) is 0 Å². The van der Waals surface area contributed by atoms with Crippen molar-refractivity contribution in [2.24, 2.45) is 56.7 Å². The van der Waals surface area contributed by atoms with Crippen molar-refractivity contribution in [1.82, 2.24) is 14.8 Å². The minimum Gasteiger partial charge on any atom is -0.299 e. The average Bonchev–Trinajstić information content (AvgIpc) is 3.39. The molecule has 9 atom stereocenters. The van der Waals surface area contributed by atoms with Gasteiger partial charge in [-0.05, 0) is 97.2 Å². The smallest absolute Gasteiger partial charge is 0.239 e. The van der Waals surface area contributed by atoms with Crippen LogP contribution in [0.25, 0.3) is 0 Å². The lowest BCUT2D eigenvalue weighted by atomic mass is 9.33. The van der Waals surface area contributed by atoms with Crippen LogP contribution < -0.4 is 0 Å². The summed E-state index contributed by atoms with van der Waals surface area (Å²) in [7, 11) is 0. The standard InChI is InChI=1S/C32H47N3O2/c1-20-10-15-32(27(37)35-18-33-34-19-35)17-16-30(6)22(26(32)21(20)2)8-9-24-29(5)13-12-25(36)28(3,4)23(29)11-14-31(24,30)7/h8,18-21,23-24,26H,9-17H2,1-7H3/t20-,21+,23+,24-,26+,29+,30-,31-,32+/m1/s1. The first-order valence-corrected chi connectivity index (χ1v) is 15.0. The fraction of sp³-hybridized carbons (Fsp3) is 0.812. The Labute approximate surface area is 223 Å². The van der Waals surface area contributed by atoms with E-state index in [0.717, 1.165) is 51.4 Å². The number of rotatable bonds is 1. The molecular formula is C32H47N3O2. The van der Waals surface area contributed by atoms with Crippen molar-refractivity contribution in [1.29, 1.82) is 0 Å². The molecule has 5 aliphatic rings. The highest BCUT2D eigenvalue weighted by Gasteiger charge is 2.69. The van der Waals surface area contributed by atoms with Crippen molar-refractivity contribution >= 4 is 11.7 Å². The van der Waals surface area contributed by atoms with E-state index in [-0.39, 0.29) is 38.9 Å². The predicted molar refractivity (Wildman–Crippen MR) is 145 cm³/mol. The lowest BCUT2D eigenvalue weighted by molar-refractivity contribution is -0.184. The second-order valence-electron chi connectivity index (χ2n) is 15.1. The maximum atomic E-state index is 14.2. The van der Waals surface area contributed by atoms with E-state index in [2.05, 4.69) is 64.7 Å². The minimum atomic E-state index is -0.358. The number of hydrogen-bond acceptors (Lipinski definition) is 4. The Morgan fingerprint density at radius 3 is 2.32 bits per heavy atom. The molecule has 1 heterocycles. The zero-order valence-electron chi connectivity index (χ0n) is 24.1. The fourth-order valence-corrected chi connectivity index (χ4v) is 11.2. The summed E-state index contributed by atoms with van der Waals surface area (Å²) in [5.41, 5.74) is 1.47. The normalized spacial score (nSPS) is 48.7. The van der Waals surface area contributed by atoms with Gasteiger partial charge in [0, 0.05) is 11.8 Å². The van der Waals surface area contributed by atoms with E-state index in [0.29, 0.717) is 29.5 Å². The first-order valence-electron chi connectivity index (χ1n) is 15.0. The van der Waals surface area contributed by atoms with Crippen LogP contribution in [-0.4, -0.2) is 26.5 Å². The van der Waals surface area contributed by atoms with Gasteiger partial charge in [-0.2, -0.15) is 0 Å². The number of carbonyl (C=O) groups excluding carboxylic acids is 2. The van der Waals surface area contributed by atoms with Crippen LogP contribution >= 0.6 is 0 Å². The summed E-state index contributed by atoms with van der Waals surface area (Å²) in [6.07, 6.45) is 15.1. The zero-order chi connectivity index (χ0) is 26.6. The van der Waals surface area contributed by atoms with E-state index in [1.807, 2.05) is 0 Å². The molecule has 0 bridgehead atoms. The van der Waals surface area contributed by atoms with Gasteiger partial charge in [0.2, 0.25) is 5.91 Å². The Kier molecular flexibility index (Phi) is 5.43. The molecule has 0 aliphatic heterocycles. The second-order valence-corrected chi connectivity index (χ2v) is 15.1. The number of Topliss-reactive ketones (excluding diaryl/α,β-unsaturated/α-hetero) is 1. The summed E-state index contributed by atoms with van der Waals surface area (Å²) in [5.74, 6) is 3.08.